The lowest BCUT2D eigenvalue weighted by Gasteiger charge is -2.32. The fraction of sp³-hybridized carbons (Fsp3) is 0.435. The van der Waals surface area contributed by atoms with Crippen LogP contribution in [0.5, 0.6) is 0 Å². The molecule has 0 atom stereocenters. The molecule has 8 heteroatoms. The molecule has 4 rings (SSSR count). The first-order chi connectivity index (χ1) is 14.9. The van der Waals surface area contributed by atoms with Gasteiger partial charge in [-0.1, -0.05) is 18.2 Å². The van der Waals surface area contributed by atoms with E-state index in [9.17, 15) is 9.59 Å². The zero-order valence-electron chi connectivity index (χ0n) is 18.3. The Morgan fingerprint density at radius 1 is 1.03 bits per heavy atom. The van der Waals surface area contributed by atoms with Gasteiger partial charge in [-0.2, -0.15) is 5.10 Å². The SMILES string of the molecule is Cc1ccccc1C(=O)N/N=C1\CCCc2oc(C(=O)NN3CCN(C)CC3)c(C)c21. The molecule has 1 fully saturated rings. The maximum Gasteiger partial charge on any atom is 0.301 e. The predicted molar refractivity (Wildman–Crippen MR) is 118 cm³/mol. The number of furan rings is 1. The van der Waals surface area contributed by atoms with E-state index in [1.165, 1.54) is 0 Å². The number of piperazine rings is 1. The minimum absolute atomic E-state index is 0.236. The van der Waals surface area contributed by atoms with Crippen molar-refractivity contribution in [3.63, 3.8) is 0 Å². The minimum atomic E-state index is -0.244. The standard InChI is InChI=1S/C23H29N5O3/c1-15-7-4-5-8-17(15)22(29)25-24-18-9-6-10-19-20(18)16(2)21(31-19)23(30)26-28-13-11-27(3)12-14-28/h4-5,7-8H,6,9-14H2,1-3H3,(H,25,29)(H,26,30)/b24-18+. The second-order valence-electron chi connectivity index (χ2n) is 8.25. The molecule has 164 valence electrons. The van der Waals surface area contributed by atoms with Crippen molar-refractivity contribution in [2.75, 3.05) is 33.2 Å². The third-order valence-corrected chi connectivity index (χ3v) is 5.98. The summed E-state index contributed by atoms with van der Waals surface area (Å²) in [5.41, 5.74) is 9.50. The summed E-state index contributed by atoms with van der Waals surface area (Å²) in [7, 11) is 2.07. The zero-order valence-corrected chi connectivity index (χ0v) is 18.3. The molecule has 2 aromatic rings. The van der Waals surface area contributed by atoms with Crippen LogP contribution in [0.2, 0.25) is 0 Å². The molecule has 1 aromatic heterocycles. The molecule has 8 nitrogen and oxygen atoms in total. The number of benzene rings is 1. The smallest absolute Gasteiger partial charge is 0.301 e. The van der Waals surface area contributed by atoms with Crippen LogP contribution in [0.15, 0.2) is 33.8 Å². The van der Waals surface area contributed by atoms with Crippen LogP contribution in [0.1, 0.15) is 56.2 Å². The molecule has 0 saturated carbocycles. The summed E-state index contributed by atoms with van der Waals surface area (Å²) in [5.74, 6) is 0.603. The number of carbonyl (C=O) groups is 2. The largest absolute Gasteiger partial charge is 0.455 e. The van der Waals surface area contributed by atoms with Crippen LogP contribution in [0.3, 0.4) is 0 Å². The summed E-state index contributed by atoms with van der Waals surface area (Å²) in [6.07, 6.45) is 2.34. The molecule has 2 aliphatic rings. The van der Waals surface area contributed by atoms with Gasteiger partial charge in [-0.3, -0.25) is 15.0 Å². The Kier molecular flexibility index (Phi) is 6.20. The first-order valence-electron chi connectivity index (χ1n) is 10.7. The van der Waals surface area contributed by atoms with Gasteiger partial charge in [0.05, 0.1) is 5.71 Å². The van der Waals surface area contributed by atoms with E-state index in [2.05, 4.69) is 27.9 Å². The summed E-state index contributed by atoms with van der Waals surface area (Å²) in [5, 5.41) is 6.34. The van der Waals surface area contributed by atoms with E-state index in [0.717, 1.165) is 73.6 Å². The maximum absolute atomic E-state index is 12.9. The molecule has 1 saturated heterocycles. The zero-order chi connectivity index (χ0) is 22.0. The molecule has 0 radical (unpaired) electrons. The van der Waals surface area contributed by atoms with E-state index in [-0.39, 0.29) is 11.8 Å². The summed E-state index contributed by atoms with van der Waals surface area (Å²) in [6.45, 7) is 7.15. The summed E-state index contributed by atoms with van der Waals surface area (Å²) in [6, 6.07) is 7.40. The Morgan fingerprint density at radius 3 is 2.52 bits per heavy atom. The van der Waals surface area contributed by atoms with Crippen molar-refractivity contribution in [1.29, 1.82) is 0 Å². The number of aryl methyl sites for hydroxylation is 2. The van der Waals surface area contributed by atoms with Gasteiger partial charge >= 0.3 is 5.91 Å². The lowest BCUT2D eigenvalue weighted by molar-refractivity contribution is 0.0634. The van der Waals surface area contributed by atoms with Crippen molar-refractivity contribution < 1.29 is 14.0 Å². The highest BCUT2D eigenvalue weighted by molar-refractivity contribution is 6.07. The first-order valence-corrected chi connectivity index (χ1v) is 10.7. The second kappa shape index (κ2) is 9.03. The molecular formula is C23H29N5O3. The normalized spacial score (nSPS) is 18.6. The van der Waals surface area contributed by atoms with Gasteiger partial charge in [0, 0.05) is 49.3 Å². The van der Waals surface area contributed by atoms with Gasteiger partial charge in [-0.05, 0) is 45.4 Å². The van der Waals surface area contributed by atoms with Crippen molar-refractivity contribution in [3.05, 3.63) is 58.0 Å². The van der Waals surface area contributed by atoms with E-state index in [1.807, 2.05) is 37.1 Å². The second-order valence-corrected chi connectivity index (χ2v) is 8.25. The van der Waals surface area contributed by atoms with Crippen LogP contribution in [-0.4, -0.2) is 60.7 Å². The molecule has 1 aliphatic carbocycles. The van der Waals surface area contributed by atoms with Crippen molar-refractivity contribution in [2.45, 2.75) is 33.1 Å². The van der Waals surface area contributed by atoms with Gasteiger partial charge in [0.2, 0.25) is 0 Å². The lowest BCUT2D eigenvalue weighted by atomic mass is 9.93. The number of rotatable bonds is 4. The predicted octanol–water partition coefficient (Wildman–Crippen LogP) is 2.26. The Bertz CT molecular complexity index is 1020. The van der Waals surface area contributed by atoms with Crippen LogP contribution in [0, 0.1) is 13.8 Å². The topological polar surface area (TPSA) is 90.2 Å². The van der Waals surface area contributed by atoms with E-state index in [4.69, 9.17) is 4.42 Å². The summed E-state index contributed by atoms with van der Waals surface area (Å²) >= 11 is 0. The van der Waals surface area contributed by atoms with Crippen molar-refractivity contribution in [3.8, 4) is 0 Å². The van der Waals surface area contributed by atoms with E-state index >= 15 is 0 Å². The van der Waals surface area contributed by atoms with Crippen LogP contribution < -0.4 is 10.9 Å². The van der Waals surface area contributed by atoms with E-state index in [0.29, 0.717) is 11.3 Å². The number of hydrogen-bond donors (Lipinski definition) is 2. The summed E-state index contributed by atoms with van der Waals surface area (Å²) in [4.78, 5) is 27.6. The van der Waals surface area contributed by atoms with Gasteiger partial charge in [-0.25, -0.2) is 10.4 Å². The number of fused-ring (bicyclic) bond motifs is 1. The van der Waals surface area contributed by atoms with Crippen LogP contribution in [0.25, 0.3) is 0 Å². The van der Waals surface area contributed by atoms with Crippen molar-refractivity contribution in [2.24, 2.45) is 5.10 Å². The van der Waals surface area contributed by atoms with Crippen LogP contribution in [0.4, 0.5) is 0 Å². The number of likely N-dealkylation sites (N-methyl/N-ethyl adjacent to an activating group) is 1. The highest BCUT2D eigenvalue weighted by Crippen LogP contribution is 2.30. The van der Waals surface area contributed by atoms with Gasteiger partial charge in [-0.15, -0.1) is 0 Å². The monoisotopic (exact) mass is 423 g/mol. The molecule has 0 unspecified atom stereocenters. The maximum atomic E-state index is 12.9. The Morgan fingerprint density at radius 2 is 1.77 bits per heavy atom. The summed E-state index contributed by atoms with van der Waals surface area (Å²) < 4.78 is 5.96. The molecule has 0 spiro atoms. The van der Waals surface area contributed by atoms with Gasteiger partial charge < -0.3 is 9.32 Å². The third-order valence-electron chi connectivity index (χ3n) is 5.98. The number of hydrazone groups is 1. The fourth-order valence-electron chi connectivity index (χ4n) is 4.12. The van der Waals surface area contributed by atoms with Gasteiger partial charge in [0.15, 0.2) is 5.76 Å². The minimum Gasteiger partial charge on any atom is -0.455 e. The van der Waals surface area contributed by atoms with Crippen LogP contribution in [-0.2, 0) is 6.42 Å². The lowest BCUT2D eigenvalue weighted by Crippen LogP contribution is -2.52. The van der Waals surface area contributed by atoms with Crippen molar-refractivity contribution in [1.82, 2.24) is 20.8 Å². The molecule has 1 aliphatic heterocycles. The molecule has 2 heterocycles. The molecule has 31 heavy (non-hydrogen) atoms. The highest BCUT2D eigenvalue weighted by atomic mass is 16.4. The Labute approximate surface area is 182 Å². The Hall–Kier alpha value is -2.97. The highest BCUT2D eigenvalue weighted by Gasteiger charge is 2.29. The number of hydrogen-bond acceptors (Lipinski definition) is 6. The number of amides is 2. The first kappa shape index (κ1) is 21.3. The van der Waals surface area contributed by atoms with E-state index < -0.39 is 0 Å². The number of nitrogens with zero attached hydrogens (tertiary/aromatic N) is 3. The van der Waals surface area contributed by atoms with Gasteiger partial charge in [0.25, 0.3) is 5.91 Å². The third kappa shape index (κ3) is 4.55. The molecule has 2 amide bonds. The molecular weight excluding hydrogens is 394 g/mol. The number of nitrogens with one attached hydrogen (secondary N) is 2. The number of carbonyl (C=O) groups excluding carboxylic acids is 2. The van der Waals surface area contributed by atoms with E-state index in [1.54, 1.807) is 6.07 Å². The quantitative estimate of drug-likeness (QED) is 0.737. The molecule has 2 N–H and O–H groups in total. The average molecular weight is 424 g/mol. The molecule has 1 aromatic carbocycles. The fourth-order valence-corrected chi connectivity index (χ4v) is 4.12. The Balaban J connectivity index is 1.51. The average Bonchev–Trinajstić information content (AvgIpc) is 3.11. The molecule has 0 bridgehead atoms. The van der Waals surface area contributed by atoms with Gasteiger partial charge in [0.1, 0.15) is 5.76 Å². The number of hydrazine groups is 1. The van der Waals surface area contributed by atoms with Crippen LogP contribution >= 0.6 is 0 Å². The van der Waals surface area contributed by atoms with Crippen molar-refractivity contribution >= 4 is 17.5 Å².